The van der Waals surface area contributed by atoms with Gasteiger partial charge in [0.1, 0.15) is 11.5 Å². The summed E-state index contributed by atoms with van der Waals surface area (Å²) in [5, 5.41) is 3.00. The van der Waals surface area contributed by atoms with Crippen molar-refractivity contribution in [2.24, 2.45) is 0 Å². The standard InChI is InChI=1S/C17H14BrCl2N3O4S/c18-10-1-4-12(5-2-10)26-8-15(24)21-17(28)23-22-16(25)9-27-14-6-3-11(19)7-13(14)20/h1-7H,8-9H2,(H,22,25)(H2,21,23,24,28). The molecule has 0 aliphatic carbocycles. The summed E-state index contributed by atoms with van der Waals surface area (Å²) in [5.41, 5.74) is 4.67. The number of benzene rings is 2. The number of halogens is 3. The van der Waals surface area contributed by atoms with Gasteiger partial charge in [0.2, 0.25) is 0 Å². The zero-order valence-corrected chi connectivity index (χ0v) is 18.0. The van der Waals surface area contributed by atoms with Gasteiger partial charge in [-0.25, -0.2) is 0 Å². The third-order valence-electron chi connectivity index (χ3n) is 3.00. The Bertz CT molecular complexity index is 868. The van der Waals surface area contributed by atoms with Gasteiger partial charge in [0.05, 0.1) is 5.02 Å². The first-order valence-corrected chi connectivity index (χ1v) is 9.64. The van der Waals surface area contributed by atoms with Gasteiger partial charge in [-0.15, -0.1) is 0 Å². The van der Waals surface area contributed by atoms with Crippen LogP contribution in [0.25, 0.3) is 0 Å². The molecule has 0 fully saturated rings. The van der Waals surface area contributed by atoms with E-state index in [1.165, 1.54) is 6.07 Å². The van der Waals surface area contributed by atoms with Gasteiger partial charge in [-0.1, -0.05) is 39.1 Å². The number of carbonyl (C=O) groups excluding carboxylic acids is 2. The van der Waals surface area contributed by atoms with Crippen molar-refractivity contribution in [1.29, 1.82) is 0 Å². The SMILES string of the molecule is O=C(COc1ccc(Cl)cc1Cl)NNC(=S)NC(=O)COc1ccc(Br)cc1. The number of carbonyl (C=O) groups is 2. The molecule has 28 heavy (non-hydrogen) atoms. The molecule has 2 aromatic rings. The maximum atomic E-state index is 11.8. The Labute approximate surface area is 184 Å². The van der Waals surface area contributed by atoms with Crippen LogP contribution in [0.15, 0.2) is 46.9 Å². The number of amides is 2. The molecule has 11 heteroatoms. The predicted molar refractivity (Wildman–Crippen MR) is 114 cm³/mol. The zero-order chi connectivity index (χ0) is 20.5. The van der Waals surface area contributed by atoms with Crippen LogP contribution in [0.4, 0.5) is 0 Å². The van der Waals surface area contributed by atoms with Crippen molar-refractivity contribution in [2.45, 2.75) is 0 Å². The number of hydrazine groups is 1. The van der Waals surface area contributed by atoms with Crippen molar-refractivity contribution >= 4 is 68.3 Å². The lowest BCUT2D eigenvalue weighted by molar-refractivity contribution is -0.124. The van der Waals surface area contributed by atoms with E-state index in [1.807, 2.05) is 0 Å². The van der Waals surface area contributed by atoms with Gasteiger partial charge in [0, 0.05) is 9.50 Å². The maximum Gasteiger partial charge on any atom is 0.276 e. The molecule has 0 unspecified atom stereocenters. The fourth-order valence-electron chi connectivity index (χ4n) is 1.77. The van der Waals surface area contributed by atoms with Crippen LogP contribution in [0.1, 0.15) is 0 Å². The minimum Gasteiger partial charge on any atom is -0.484 e. The zero-order valence-electron chi connectivity index (χ0n) is 14.1. The first-order valence-electron chi connectivity index (χ1n) is 7.68. The second kappa shape index (κ2) is 11.1. The van der Waals surface area contributed by atoms with Crippen molar-refractivity contribution in [3.8, 4) is 11.5 Å². The van der Waals surface area contributed by atoms with E-state index < -0.39 is 11.8 Å². The summed E-state index contributed by atoms with van der Waals surface area (Å²) in [6.07, 6.45) is 0. The first kappa shape index (κ1) is 22.2. The fraction of sp³-hybridized carbons (Fsp3) is 0.118. The summed E-state index contributed by atoms with van der Waals surface area (Å²) in [6, 6.07) is 11.6. The Balaban J connectivity index is 1.66. The third kappa shape index (κ3) is 7.89. The van der Waals surface area contributed by atoms with Crippen molar-refractivity contribution < 1.29 is 19.1 Å². The van der Waals surface area contributed by atoms with E-state index >= 15 is 0 Å². The highest BCUT2D eigenvalue weighted by Crippen LogP contribution is 2.27. The van der Waals surface area contributed by atoms with Gasteiger partial charge >= 0.3 is 0 Å². The molecular weight excluding hydrogens is 493 g/mol. The Morgan fingerprint density at radius 2 is 1.64 bits per heavy atom. The fourth-order valence-corrected chi connectivity index (χ4v) is 2.66. The lowest BCUT2D eigenvalue weighted by Crippen LogP contribution is -2.50. The van der Waals surface area contributed by atoms with Crippen LogP contribution in [-0.4, -0.2) is 30.1 Å². The van der Waals surface area contributed by atoms with Crippen molar-refractivity contribution in [2.75, 3.05) is 13.2 Å². The van der Waals surface area contributed by atoms with Gasteiger partial charge in [-0.3, -0.25) is 25.8 Å². The Hall–Kier alpha value is -2.07. The summed E-state index contributed by atoms with van der Waals surface area (Å²) >= 11 is 19.9. The molecule has 0 atom stereocenters. The second-order valence-corrected chi connectivity index (χ2v) is 7.32. The molecule has 2 aromatic carbocycles. The molecule has 0 saturated carbocycles. The Kier molecular flexibility index (Phi) is 8.78. The molecule has 148 valence electrons. The van der Waals surface area contributed by atoms with Crippen molar-refractivity contribution in [1.82, 2.24) is 16.2 Å². The van der Waals surface area contributed by atoms with E-state index in [2.05, 4.69) is 32.1 Å². The van der Waals surface area contributed by atoms with Gasteiger partial charge in [0.15, 0.2) is 18.3 Å². The summed E-state index contributed by atoms with van der Waals surface area (Å²) < 4.78 is 11.5. The van der Waals surface area contributed by atoms with Crippen LogP contribution in [0, 0.1) is 0 Å². The monoisotopic (exact) mass is 505 g/mol. The number of ether oxygens (including phenoxy) is 2. The molecule has 0 radical (unpaired) electrons. The van der Waals surface area contributed by atoms with E-state index in [0.29, 0.717) is 16.5 Å². The van der Waals surface area contributed by atoms with E-state index in [-0.39, 0.29) is 23.3 Å². The van der Waals surface area contributed by atoms with Crippen LogP contribution >= 0.6 is 51.3 Å². The van der Waals surface area contributed by atoms with Crippen LogP contribution in [0.5, 0.6) is 11.5 Å². The van der Waals surface area contributed by atoms with Crippen molar-refractivity contribution in [3.63, 3.8) is 0 Å². The lowest BCUT2D eigenvalue weighted by Gasteiger charge is -2.12. The molecule has 0 heterocycles. The number of thiocarbonyl (C=S) groups is 1. The highest BCUT2D eigenvalue weighted by Gasteiger charge is 2.09. The van der Waals surface area contributed by atoms with Crippen LogP contribution in [0.2, 0.25) is 10.0 Å². The van der Waals surface area contributed by atoms with E-state index in [9.17, 15) is 9.59 Å². The first-order chi connectivity index (χ1) is 13.3. The quantitative estimate of drug-likeness (QED) is 0.411. The predicted octanol–water partition coefficient (Wildman–Crippen LogP) is 3.24. The maximum absolute atomic E-state index is 11.8. The molecule has 7 nitrogen and oxygen atoms in total. The Morgan fingerprint density at radius 1 is 0.964 bits per heavy atom. The molecule has 2 rings (SSSR count). The summed E-state index contributed by atoms with van der Waals surface area (Å²) in [4.78, 5) is 23.5. The normalized spacial score (nSPS) is 9.96. The molecule has 0 aliphatic heterocycles. The molecular formula is C17H14BrCl2N3O4S. The number of hydrogen-bond acceptors (Lipinski definition) is 5. The largest absolute Gasteiger partial charge is 0.484 e. The molecule has 3 N–H and O–H groups in total. The van der Waals surface area contributed by atoms with Gasteiger partial charge < -0.3 is 9.47 Å². The average molecular weight is 507 g/mol. The molecule has 0 spiro atoms. The lowest BCUT2D eigenvalue weighted by atomic mass is 10.3. The topological polar surface area (TPSA) is 88.7 Å². The number of nitrogens with one attached hydrogen (secondary N) is 3. The molecule has 0 saturated heterocycles. The van der Waals surface area contributed by atoms with Crippen LogP contribution in [0.3, 0.4) is 0 Å². The van der Waals surface area contributed by atoms with Crippen LogP contribution < -0.4 is 25.6 Å². The summed E-state index contributed by atoms with van der Waals surface area (Å²) in [7, 11) is 0. The van der Waals surface area contributed by atoms with E-state index in [1.54, 1.807) is 36.4 Å². The highest BCUT2D eigenvalue weighted by atomic mass is 79.9. The van der Waals surface area contributed by atoms with Crippen LogP contribution in [-0.2, 0) is 9.59 Å². The van der Waals surface area contributed by atoms with E-state index in [4.69, 9.17) is 44.9 Å². The smallest absolute Gasteiger partial charge is 0.276 e. The Morgan fingerprint density at radius 3 is 2.32 bits per heavy atom. The molecule has 0 aromatic heterocycles. The number of hydrogen-bond donors (Lipinski definition) is 3. The van der Waals surface area contributed by atoms with Gasteiger partial charge in [-0.05, 0) is 54.7 Å². The molecule has 0 aliphatic rings. The second-order valence-electron chi connectivity index (χ2n) is 5.16. The number of rotatable bonds is 6. The molecule has 2 amide bonds. The summed E-state index contributed by atoms with van der Waals surface area (Å²) in [6.45, 7) is -0.562. The van der Waals surface area contributed by atoms with Gasteiger partial charge in [0.25, 0.3) is 11.8 Å². The third-order valence-corrected chi connectivity index (χ3v) is 4.27. The van der Waals surface area contributed by atoms with Gasteiger partial charge in [-0.2, -0.15) is 0 Å². The average Bonchev–Trinajstić information content (AvgIpc) is 2.65. The minimum atomic E-state index is -0.534. The minimum absolute atomic E-state index is 0.0951. The summed E-state index contributed by atoms with van der Waals surface area (Å²) in [5.74, 6) is -0.182. The van der Waals surface area contributed by atoms with E-state index in [0.717, 1.165) is 4.47 Å². The van der Waals surface area contributed by atoms with Crippen molar-refractivity contribution in [3.05, 3.63) is 57.0 Å². The highest BCUT2D eigenvalue weighted by molar-refractivity contribution is 9.10. The molecule has 0 bridgehead atoms.